The average Bonchev–Trinajstić information content (AvgIpc) is 2.77. The number of fused-ring (bicyclic) bond motifs is 1. The second-order valence-electron chi connectivity index (χ2n) is 6.99. The highest BCUT2D eigenvalue weighted by Crippen LogP contribution is 2.29. The monoisotopic (exact) mass is 399 g/mol. The summed E-state index contributed by atoms with van der Waals surface area (Å²) in [6, 6.07) is 12.1. The van der Waals surface area contributed by atoms with E-state index in [1.54, 1.807) is 12.3 Å². The molecule has 154 valence electrons. The van der Waals surface area contributed by atoms with E-state index in [0.29, 0.717) is 43.6 Å². The van der Waals surface area contributed by atoms with Crippen molar-refractivity contribution in [1.82, 2.24) is 15.2 Å². The number of carbonyl (C=O) groups excluding carboxylic acids is 1. The SMILES string of the molecule is O=C(NCC1CN(Cc2ccccc2)CCO1)OCc1cc2c(cn1)OCCO2. The number of nitrogens with one attached hydrogen (secondary N) is 1. The number of ether oxygens (including phenoxy) is 4. The Morgan fingerprint density at radius 1 is 1.17 bits per heavy atom. The van der Waals surface area contributed by atoms with Crippen LogP contribution in [0.1, 0.15) is 11.3 Å². The van der Waals surface area contributed by atoms with Crippen LogP contribution in [-0.2, 0) is 22.6 Å². The molecule has 1 unspecified atom stereocenters. The Hall–Kier alpha value is -2.84. The van der Waals surface area contributed by atoms with Crippen LogP contribution < -0.4 is 14.8 Å². The molecule has 2 aliphatic rings. The van der Waals surface area contributed by atoms with Gasteiger partial charge in [0.25, 0.3) is 0 Å². The smallest absolute Gasteiger partial charge is 0.407 e. The Morgan fingerprint density at radius 3 is 2.86 bits per heavy atom. The molecule has 1 aromatic heterocycles. The van der Waals surface area contributed by atoms with Crippen molar-refractivity contribution in [2.24, 2.45) is 0 Å². The summed E-state index contributed by atoms with van der Waals surface area (Å²) in [5.41, 5.74) is 1.87. The molecule has 1 fully saturated rings. The maximum atomic E-state index is 12.0. The summed E-state index contributed by atoms with van der Waals surface area (Å²) in [5, 5.41) is 2.77. The minimum atomic E-state index is -0.495. The third kappa shape index (κ3) is 5.58. The van der Waals surface area contributed by atoms with E-state index in [1.165, 1.54) is 5.56 Å². The maximum absolute atomic E-state index is 12.0. The van der Waals surface area contributed by atoms with E-state index in [-0.39, 0.29) is 12.7 Å². The Bertz CT molecular complexity index is 817. The molecule has 0 spiro atoms. The van der Waals surface area contributed by atoms with Gasteiger partial charge in [-0.3, -0.25) is 9.88 Å². The lowest BCUT2D eigenvalue weighted by Gasteiger charge is -2.32. The summed E-state index contributed by atoms with van der Waals surface area (Å²) in [6.45, 7) is 4.65. The van der Waals surface area contributed by atoms with Crippen LogP contribution in [-0.4, -0.2) is 61.5 Å². The highest BCUT2D eigenvalue weighted by Gasteiger charge is 2.21. The van der Waals surface area contributed by atoms with Gasteiger partial charge in [0.1, 0.15) is 19.8 Å². The third-order valence-electron chi connectivity index (χ3n) is 4.78. The summed E-state index contributed by atoms with van der Waals surface area (Å²) in [4.78, 5) is 18.6. The van der Waals surface area contributed by atoms with Crippen molar-refractivity contribution in [1.29, 1.82) is 0 Å². The highest BCUT2D eigenvalue weighted by molar-refractivity contribution is 5.67. The van der Waals surface area contributed by atoms with Gasteiger partial charge in [0.05, 0.1) is 24.6 Å². The molecule has 2 aromatic rings. The zero-order valence-corrected chi connectivity index (χ0v) is 16.2. The van der Waals surface area contributed by atoms with Gasteiger partial charge in [-0.15, -0.1) is 0 Å². The number of aromatic nitrogens is 1. The molecule has 1 N–H and O–H groups in total. The zero-order valence-electron chi connectivity index (χ0n) is 16.2. The van der Waals surface area contributed by atoms with E-state index in [2.05, 4.69) is 27.3 Å². The third-order valence-corrected chi connectivity index (χ3v) is 4.78. The van der Waals surface area contributed by atoms with Gasteiger partial charge < -0.3 is 24.3 Å². The highest BCUT2D eigenvalue weighted by atomic mass is 16.6. The van der Waals surface area contributed by atoms with E-state index in [0.717, 1.165) is 19.6 Å². The van der Waals surface area contributed by atoms with Crippen molar-refractivity contribution in [2.75, 3.05) is 39.5 Å². The number of hydrogen-bond acceptors (Lipinski definition) is 7. The van der Waals surface area contributed by atoms with Gasteiger partial charge in [0.15, 0.2) is 11.5 Å². The maximum Gasteiger partial charge on any atom is 0.407 e. The molecule has 0 saturated carbocycles. The minimum absolute atomic E-state index is 0.0626. The van der Waals surface area contributed by atoms with E-state index in [9.17, 15) is 4.79 Å². The summed E-state index contributed by atoms with van der Waals surface area (Å²) >= 11 is 0. The first kappa shape index (κ1) is 19.5. The van der Waals surface area contributed by atoms with Crippen molar-refractivity contribution >= 4 is 6.09 Å². The van der Waals surface area contributed by atoms with Gasteiger partial charge in [-0.25, -0.2) is 4.79 Å². The second-order valence-corrected chi connectivity index (χ2v) is 6.99. The molecular formula is C21H25N3O5. The van der Waals surface area contributed by atoms with E-state index < -0.39 is 6.09 Å². The summed E-state index contributed by atoms with van der Waals surface area (Å²) in [6.07, 6.45) is 1.03. The number of benzene rings is 1. The van der Waals surface area contributed by atoms with E-state index >= 15 is 0 Å². The van der Waals surface area contributed by atoms with Crippen LogP contribution in [0.2, 0.25) is 0 Å². The van der Waals surface area contributed by atoms with Crippen molar-refractivity contribution in [3.8, 4) is 11.5 Å². The van der Waals surface area contributed by atoms with Crippen molar-refractivity contribution in [3.05, 3.63) is 53.9 Å². The van der Waals surface area contributed by atoms with Crippen molar-refractivity contribution < 1.29 is 23.7 Å². The molecule has 29 heavy (non-hydrogen) atoms. The molecule has 0 bridgehead atoms. The summed E-state index contributed by atoms with van der Waals surface area (Å²) in [7, 11) is 0. The lowest BCUT2D eigenvalue weighted by Crippen LogP contribution is -2.47. The minimum Gasteiger partial charge on any atom is -0.486 e. The zero-order chi connectivity index (χ0) is 19.9. The molecule has 8 heteroatoms. The van der Waals surface area contributed by atoms with Crippen molar-refractivity contribution in [3.63, 3.8) is 0 Å². The van der Waals surface area contributed by atoms with Crippen LogP contribution in [0.3, 0.4) is 0 Å². The van der Waals surface area contributed by atoms with Gasteiger partial charge in [0.2, 0.25) is 0 Å². The van der Waals surface area contributed by atoms with Gasteiger partial charge in [0, 0.05) is 32.2 Å². The molecule has 3 heterocycles. The quantitative estimate of drug-likeness (QED) is 0.795. The lowest BCUT2D eigenvalue weighted by molar-refractivity contribution is -0.0298. The van der Waals surface area contributed by atoms with E-state index in [4.69, 9.17) is 18.9 Å². The Labute approximate surface area is 169 Å². The van der Waals surface area contributed by atoms with Gasteiger partial charge in [-0.05, 0) is 5.56 Å². The topological polar surface area (TPSA) is 82.2 Å². The summed E-state index contributed by atoms with van der Waals surface area (Å²) < 4.78 is 22.0. The molecule has 1 saturated heterocycles. The number of nitrogens with zero attached hydrogens (tertiary/aromatic N) is 2. The molecule has 0 radical (unpaired) electrons. The predicted octanol–water partition coefficient (Wildman–Crippen LogP) is 1.98. The van der Waals surface area contributed by atoms with Crippen LogP contribution in [0.15, 0.2) is 42.6 Å². The number of hydrogen-bond donors (Lipinski definition) is 1. The molecule has 0 aliphatic carbocycles. The van der Waals surface area contributed by atoms with Gasteiger partial charge in [-0.2, -0.15) is 0 Å². The molecule has 1 atom stereocenters. The Kier molecular flexibility index (Phi) is 6.43. The molecule has 2 aliphatic heterocycles. The standard InChI is InChI=1S/C21H25N3O5/c25-21(29-15-17-10-19-20(12-22-17)28-9-8-27-19)23-11-18-14-24(6-7-26-18)13-16-4-2-1-3-5-16/h1-5,10,12,18H,6-9,11,13-15H2,(H,23,25). The average molecular weight is 399 g/mol. The van der Waals surface area contributed by atoms with Crippen LogP contribution in [0.5, 0.6) is 11.5 Å². The first-order chi connectivity index (χ1) is 14.3. The van der Waals surface area contributed by atoms with Gasteiger partial charge in [-0.1, -0.05) is 30.3 Å². The fourth-order valence-corrected chi connectivity index (χ4v) is 3.35. The predicted molar refractivity (Wildman–Crippen MR) is 105 cm³/mol. The first-order valence-electron chi connectivity index (χ1n) is 9.79. The molecule has 4 rings (SSSR count). The fourth-order valence-electron chi connectivity index (χ4n) is 3.35. The largest absolute Gasteiger partial charge is 0.486 e. The van der Waals surface area contributed by atoms with Crippen LogP contribution in [0.4, 0.5) is 4.79 Å². The number of alkyl carbamates (subject to hydrolysis) is 1. The molecular weight excluding hydrogens is 374 g/mol. The summed E-state index contributed by atoms with van der Waals surface area (Å²) in [5.74, 6) is 1.23. The van der Waals surface area contributed by atoms with Crippen LogP contribution in [0.25, 0.3) is 0 Å². The van der Waals surface area contributed by atoms with Crippen molar-refractivity contribution in [2.45, 2.75) is 19.3 Å². The molecule has 1 aromatic carbocycles. The van der Waals surface area contributed by atoms with E-state index in [1.807, 2.05) is 18.2 Å². The Morgan fingerprint density at radius 2 is 2.00 bits per heavy atom. The number of morpholine rings is 1. The van der Waals surface area contributed by atoms with Crippen LogP contribution >= 0.6 is 0 Å². The Balaban J connectivity index is 1.19. The van der Waals surface area contributed by atoms with Gasteiger partial charge >= 0.3 is 6.09 Å². The number of pyridine rings is 1. The van der Waals surface area contributed by atoms with Crippen LogP contribution in [0, 0.1) is 0 Å². The molecule has 8 nitrogen and oxygen atoms in total. The normalized spacial score (nSPS) is 18.8. The number of rotatable bonds is 6. The lowest BCUT2D eigenvalue weighted by atomic mass is 10.2. The number of carbonyl (C=O) groups is 1. The molecule has 1 amide bonds. The first-order valence-corrected chi connectivity index (χ1v) is 9.79. The fraction of sp³-hybridized carbons (Fsp3) is 0.429. The second kappa shape index (κ2) is 9.58. The number of amides is 1.